The maximum absolute atomic E-state index is 11.6. The Balaban J connectivity index is 1.37. The van der Waals surface area contributed by atoms with Gasteiger partial charge in [-0.15, -0.1) is 11.3 Å². The van der Waals surface area contributed by atoms with Gasteiger partial charge in [0.25, 0.3) is 8.32 Å². The number of esters is 1. The zero-order valence-corrected chi connectivity index (χ0v) is 33.7. The average molecular weight is 749 g/mol. The van der Waals surface area contributed by atoms with Gasteiger partial charge in [-0.25, -0.2) is 0 Å². The van der Waals surface area contributed by atoms with Crippen LogP contribution in [0.4, 0.5) is 0 Å². The van der Waals surface area contributed by atoms with Crippen molar-refractivity contribution in [2.24, 2.45) is 11.8 Å². The van der Waals surface area contributed by atoms with Gasteiger partial charge in [0.2, 0.25) is 0 Å². The Labute approximate surface area is 321 Å². The first-order chi connectivity index (χ1) is 25.7. The van der Waals surface area contributed by atoms with E-state index in [0.717, 1.165) is 51.6 Å². The highest BCUT2D eigenvalue weighted by atomic mass is 32.1. The van der Waals surface area contributed by atoms with E-state index in [1.807, 2.05) is 11.3 Å². The van der Waals surface area contributed by atoms with Crippen molar-refractivity contribution in [2.45, 2.75) is 95.7 Å². The number of benzene rings is 3. The third-order valence-corrected chi connectivity index (χ3v) is 17.0. The van der Waals surface area contributed by atoms with Gasteiger partial charge in [0.1, 0.15) is 0 Å². The van der Waals surface area contributed by atoms with Crippen molar-refractivity contribution >= 4 is 46.1 Å². The normalized spacial score (nSPS) is 21.8. The zero-order chi connectivity index (χ0) is 37.3. The van der Waals surface area contributed by atoms with Crippen LogP contribution in [0.5, 0.6) is 0 Å². The van der Waals surface area contributed by atoms with Crippen LogP contribution in [-0.2, 0) is 23.4 Å². The van der Waals surface area contributed by atoms with E-state index in [2.05, 4.69) is 143 Å². The first-order valence-electron chi connectivity index (χ1n) is 19.3. The quantitative estimate of drug-likeness (QED) is 0.0524. The van der Waals surface area contributed by atoms with E-state index >= 15 is 0 Å². The second-order valence-corrected chi connectivity index (χ2v) is 20.8. The highest BCUT2D eigenvalue weighted by molar-refractivity contribution is 7.19. The molecular weight excluding hydrogens is 693 g/mol. The summed E-state index contributed by atoms with van der Waals surface area (Å²) in [4.78, 5) is 12.8. The fourth-order valence-electron chi connectivity index (χ4n) is 8.09. The zero-order valence-electron chi connectivity index (χ0n) is 31.9. The molecule has 2 aliphatic rings. The second-order valence-electron chi connectivity index (χ2n) is 15.5. The minimum Gasteiger partial charge on any atom is -0.469 e. The summed E-state index contributed by atoms with van der Waals surface area (Å²) in [5.41, 5.74) is 1.19. The van der Waals surface area contributed by atoms with E-state index in [0.29, 0.717) is 6.42 Å². The SMILES string of the molecule is C=C1C[C@H](OC2CCCCO2)[C@H](C/C=C\CCCC(=O)OC)[C@H]1/C=C/[C@@H](O[Si](c1ccccc1)(c1ccccc1)C(C)(C)C)c1cc2ccccc2s1. The topological polar surface area (TPSA) is 54.0 Å². The van der Waals surface area contributed by atoms with E-state index in [1.165, 1.54) is 38.0 Å². The van der Waals surface area contributed by atoms with Crippen LogP contribution in [0.3, 0.4) is 0 Å². The van der Waals surface area contributed by atoms with Gasteiger partial charge < -0.3 is 18.6 Å². The molecule has 3 aromatic carbocycles. The van der Waals surface area contributed by atoms with Crippen LogP contribution >= 0.6 is 11.3 Å². The van der Waals surface area contributed by atoms with Crippen LogP contribution in [0, 0.1) is 11.8 Å². The molecule has 0 N–H and O–H groups in total. The second kappa shape index (κ2) is 18.2. The predicted molar refractivity (Wildman–Crippen MR) is 221 cm³/mol. The lowest BCUT2D eigenvalue weighted by Crippen LogP contribution is -2.66. The number of hydrogen-bond donors (Lipinski definition) is 0. The summed E-state index contributed by atoms with van der Waals surface area (Å²) >= 11 is 1.82. The average Bonchev–Trinajstić information content (AvgIpc) is 3.73. The maximum Gasteiger partial charge on any atom is 0.305 e. The summed E-state index contributed by atoms with van der Waals surface area (Å²) in [5, 5.41) is 3.59. The third kappa shape index (κ3) is 9.38. The van der Waals surface area contributed by atoms with E-state index in [-0.39, 0.29) is 41.3 Å². The number of methoxy groups -OCH3 is 1. The molecule has 1 aliphatic carbocycles. The van der Waals surface area contributed by atoms with E-state index in [1.54, 1.807) is 0 Å². The van der Waals surface area contributed by atoms with Crippen molar-refractivity contribution in [2.75, 3.05) is 13.7 Å². The molecule has 1 saturated carbocycles. The minimum atomic E-state index is -2.90. The van der Waals surface area contributed by atoms with Gasteiger partial charge in [-0.3, -0.25) is 4.79 Å². The molecule has 0 spiro atoms. The fourth-order valence-corrected chi connectivity index (χ4v) is 13.9. The lowest BCUT2D eigenvalue weighted by atomic mass is 9.89. The highest BCUT2D eigenvalue weighted by Gasteiger charge is 2.51. The number of fused-ring (bicyclic) bond motifs is 1. The summed E-state index contributed by atoms with van der Waals surface area (Å²) in [6, 6.07) is 32.7. The smallest absolute Gasteiger partial charge is 0.305 e. The van der Waals surface area contributed by atoms with Crippen LogP contribution < -0.4 is 10.4 Å². The predicted octanol–water partition coefficient (Wildman–Crippen LogP) is 10.5. The van der Waals surface area contributed by atoms with Crippen LogP contribution in [0.2, 0.25) is 5.04 Å². The van der Waals surface area contributed by atoms with Crippen molar-refractivity contribution < 1.29 is 23.4 Å². The number of allylic oxidation sites excluding steroid dienone is 3. The van der Waals surface area contributed by atoms with Crippen LogP contribution in [0.25, 0.3) is 10.1 Å². The Bertz CT molecular complexity index is 1760. The molecule has 0 radical (unpaired) electrons. The standard InChI is InChI=1S/C46H56O5SSi/c1-34-32-41(50-45-28-18-19-31-49-45)39(25-14-6-7-15-27-44(47)48-5)38(34)29-30-40(43-33-35-20-16-17-26-42(35)52-43)51-53(46(2,3)4,36-21-10-8-11-22-36)37-23-12-9-13-24-37/h6,8-14,16-17,20-24,26,29-30,33,38-41,45H,1,7,15,18-19,25,27-28,31-32H2,2-5H3/b14-6-,30-29+/t38-,39+,40+,41-,45?/m0/s1. The van der Waals surface area contributed by atoms with Crippen molar-refractivity contribution in [3.05, 3.63) is 132 Å². The summed E-state index contributed by atoms with van der Waals surface area (Å²) in [5.74, 6) is 0.158. The summed E-state index contributed by atoms with van der Waals surface area (Å²) in [6.45, 7) is 12.4. The first-order valence-corrected chi connectivity index (χ1v) is 22.0. The van der Waals surface area contributed by atoms with Gasteiger partial charge in [0.15, 0.2) is 6.29 Å². The number of hydrogen-bond acceptors (Lipinski definition) is 6. The molecule has 2 fully saturated rings. The van der Waals surface area contributed by atoms with Crippen molar-refractivity contribution in [3.63, 3.8) is 0 Å². The molecule has 7 heteroatoms. The Kier molecular flexibility index (Phi) is 13.4. The summed E-state index contributed by atoms with van der Waals surface area (Å²) in [7, 11) is -1.45. The van der Waals surface area contributed by atoms with Gasteiger partial charge in [0, 0.05) is 28.5 Å². The minimum absolute atomic E-state index is 0.0142. The monoisotopic (exact) mass is 748 g/mol. The fraction of sp³-hybridized carbons (Fsp3) is 0.413. The van der Waals surface area contributed by atoms with Crippen LogP contribution in [0.1, 0.15) is 83.1 Å². The lowest BCUT2D eigenvalue weighted by Gasteiger charge is -2.44. The van der Waals surface area contributed by atoms with Crippen molar-refractivity contribution in [1.82, 2.24) is 0 Å². The van der Waals surface area contributed by atoms with Gasteiger partial charge in [0.05, 0.1) is 19.3 Å². The number of ether oxygens (including phenoxy) is 3. The molecule has 2 heterocycles. The van der Waals surface area contributed by atoms with Crippen LogP contribution in [-0.4, -0.2) is 40.4 Å². The number of rotatable bonds is 15. The number of carbonyl (C=O) groups excluding carboxylic acids is 1. The molecule has 0 bridgehead atoms. The number of carbonyl (C=O) groups is 1. The number of thiophene rings is 1. The van der Waals surface area contributed by atoms with Crippen LogP contribution in [0.15, 0.2) is 127 Å². The third-order valence-electron chi connectivity index (χ3n) is 10.8. The lowest BCUT2D eigenvalue weighted by molar-refractivity contribution is -0.194. The Morgan fingerprint density at radius 2 is 1.68 bits per heavy atom. The molecule has 5 nitrogen and oxygen atoms in total. The molecule has 280 valence electrons. The highest BCUT2D eigenvalue weighted by Crippen LogP contribution is 2.45. The van der Waals surface area contributed by atoms with Gasteiger partial charge in [-0.2, -0.15) is 0 Å². The molecule has 1 unspecified atom stereocenters. The summed E-state index contributed by atoms with van der Waals surface area (Å²) in [6.07, 6.45) is 15.6. The van der Waals surface area contributed by atoms with Crippen molar-refractivity contribution in [1.29, 1.82) is 0 Å². The number of unbranched alkanes of at least 4 members (excludes halogenated alkanes) is 1. The molecule has 4 aromatic rings. The Hall–Kier alpha value is -3.59. The molecule has 0 amide bonds. The molecule has 6 rings (SSSR count). The van der Waals surface area contributed by atoms with E-state index in [4.69, 9.17) is 18.6 Å². The van der Waals surface area contributed by atoms with Gasteiger partial charge in [-0.05, 0) is 83.8 Å². The molecule has 5 atom stereocenters. The molecule has 1 aliphatic heterocycles. The van der Waals surface area contributed by atoms with E-state index < -0.39 is 8.32 Å². The Morgan fingerprint density at radius 1 is 0.981 bits per heavy atom. The molecule has 53 heavy (non-hydrogen) atoms. The van der Waals surface area contributed by atoms with E-state index in [9.17, 15) is 4.79 Å². The maximum atomic E-state index is 11.6. The van der Waals surface area contributed by atoms with Crippen molar-refractivity contribution in [3.8, 4) is 0 Å². The largest absolute Gasteiger partial charge is 0.469 e. The Morgan fingerprint density at radius 3 is 2.32 bits per heavy atom. The van der Waals surface area contributed by atoms with Gasteiger partial charge in [-0.1, -0.05) is 136 Å². The molecule has 1 aromatic heterocycles. The molecular formula is C46H56O5SSi. The van der Waals surface area contributed by atoms with Gasteiger partial charge >= 0.3 is 5.97 Å². The molecule has 1 saturated heterocycles. The first kappa shape index (κ1) is 39.1. The summed E-state index contributed by atoms with van der Waals surface area (Å²) < 4.78 is 26.7.